The molecular weight excluding hydrogens is 250 g/mol. The molecule has 20 heavy (non-hydrogen) atoms. The van der Waals surface area contributed by atoms with Gasteiger partial charge in [-0.2, -0.15) is 0 Å². The lowest BCUT2D eigenvalue weighted by molar-refractivity contribution is 0.0636. The van der Waals surface area contributed by atoms with Crippen LogP contribution in [0, 0.1) is 11.8 Å². The molecule has 3 nitrogen and oxygen atoms in total. The SMILES string of the molecule is CCCCC#Cc1ccccc1NC(=O)OC(C)(C)C. The molecule has 0 fully saturated rings. The summed E-state index contributed by atoms with van der Waals surface area (Å²) in [5.74, 6) is 6.22. The number of nitrogens with one attached hydrogen (secondary N) is 1. The first kappa shape index (κ1) is 16.1. The fraction of sp³-hybridized carbons (Fsp3) is 0.471. The molecule has 0 unspecified atom stereocenters. The van der Waals surface area contributed by atoms with Gasteiger partial charge < -0.3 is 4.74 Å². The summed E-state index contributed by atoms with van der Waals surface area (Å²) in [6.07, 6.45) is 2.64. The molecule has 0 heterocycles. The Morgan fingerprint density at radius 1 is 1.30 bits per heavy atom. The van der Waals surface area contributed by atoms with Gasteiger partial charge in [0.25, 0.3) is 0 Å². The van der Waals surface area contributed by atoms with Crippen LogP contribution in [-0.4, -0.2) is 11.7 Å². The third-order valence-electron chi connectivity index (χ3n) is 2.44. The van der Waals surface area contributed by atoms with Crippen LogP contribution in [0.2, 0.25) is 0 Å². The molecule has 0 aliphatic carbocycles. The number of benzene rings is 1. The molecule has 1 amide bonds. The van der Waals surface area contributed by atoms with Crippen LogP contribution in [-0.2, 0) is 4.74 Å². The van der Waals surface area contributed by atoms with Gasteiger partial charge in [-0.3, -0.25) is 5.32 Å². The molecule has 1 aromatic carbocycles. The molecular formula is C17H23NO2. The van der Waals surface area contributed by atoms with Crippen molar-refractivity contribution < 1.29 is 9.53 Å². The Morgan fingerprint density at radius 3 is 2.65 bits per heavy atom. The number of carbonyl (C=O) groups excluding carboxylic acids is 1. The van der Waals surface area contributed by atoms with Gasteiger partial charge in [0.05, 0.1) is 5.69 Å². The summed E-state index contributed by atoms with van der Waals surface area (Å²) >= 11 is 0. The fourth-order valence-corrected chi connectivity index (χ4v) is 1.54. The minimum atomic E-state index is -0.508. The molecule has 0 radical (unpaired) electrons. The van der Waals surface area contributed by atoms with E-state index in [2.05, 4.69) is 24.1 Å². The first-order valence-electron chi connectivity index (χ1n) is 7.00. The zero-order valence-corrected chi connectivity index (χ0v) is 12.7. The first-order valence-corrected chi connectivity index (χ1v) is 7.00. The van der Waals surface area contributed by atoms with Crippen LogP contribution in [0.1, 0.15) is 52.5 Å². The molecule has 1 N–H and O–H groups in total. The van der Waals surface area contributed by atoms with Gasteiger partial charge in [-0.05, 0) is 39.3 Å². The van der Waals surface area contributed by atoms with Crippen molar-refractivity contribution in [2.75, 3.05) is 5.32 Å². The molecule has 0 saturated heterocycles. The third-order valence-corrected chi connectivity index (χ3v) is 2.44. The lowest BCUT2D eigenvalue weighted by Crippen LogP contribution is -2.27. The highest BCUT2D eigenvalue weighted by Gasteiger charge is 2.16. The smallest absolute Gasteiger partial charge is 0.412 e. The molecule has 0 aromatic heterocycles. The van der Waals surface area contributed by atoms with Crippen LogP contribution in [0.3, 0.4) is 0 Å². The van der Waals surface area contributed by atoms with Crippen molar-refractivity contribution in [1.82, 2.24) is 0 Å². The van der Waals surface area contributed by atoms with Crippen molar-refractivity contribution >= 4 is 11.8 Å². The van der Waals surface area contributed by atoms with E-state index in [4.69, 9.17) is 4.74 Å². The maximum atomic E-state index is 11.8. The minimum absolute atomic E-state index is 0.458. The number of carbonyl (C=O) groups is 1. The van der Waals surface area contributed by atoms with Gasteiger partial charge in [-0.1, -0.05) is 37.3 Å². The largest absolute Gasteiger partial charge is 0.444 e. The van der Waals surface area contributed by atoms with Crippen molar-refractivity contribution in [3.05, 3.63) is 29.8 Å². The van der Waals surface area contributed by atoms with E-state index >= 15 is 0 Å². The predicted octanol–water partition coefficient (Wildman–Crippen LogP) is 4.58. The first-order chi connectivity index (χ1) is 9.42. The molecule has 3 heteroatoms. The molecule has 1 rings (SSSR count). The van der Waals surface area contributed by atoms with E-state index in [-0.39, 0.29) is 0 Å². The average Bonchev–Trinajstić information content (AvgIpc) is 2.34. The molecule has 108 valence electrons. The molecule has 0 saturated carbocycles. The Morgan fingerprint density at radius 2 is 2.00 bits per heavy atom. The van der Waals surface area contributed by atoms with Crippen LogP contribution in [0.4, 0.5) is 10.5 Å². The number of ether oxygens (including phenoxy) is 1. The minimum Gasteiger partial charge on any atom is -0.444 e. The van der Waals surface area contributed by atoms with Crippen LogP contribution in [0.25, 0.3) is 0 Å². The van der Waals surface area contributed by atoms with Crippen molar-refractivity contribution in [1.29, 1.82) is 0 Å². The third kappa shape index (κ3) is 6.29. The topological polar surface area (TPSA) is 38.3 Å². The Labute approximate surface area is 121 Å². The van der Waals surface area contributed by atoms with E-state index in [0.717, 1.165) is 24.8 Å². The van der Waals surface area contributed by atoms with E-state index in [0.29, 0.717) is 5.69 Å². The maximum Gasteiger partial charge on any atom is 0.412 e. The zero-order valence-electron chi connectivity index (χ0n) is 12.7. The second-order valence-corrected chi connectivity index (χ2v) is 5.58. The van der Waals surface area contributed by atoms with Crippen molar-refractivity contribution in [2.45, 2.75) is 52.6 Å². The number of hydrogen-bond donors (Lipinski definition) is 1. The number of anilines is 1. The quantitative estimate of drug-likeness (QED) is 0.647. The van der Waals surface area contributed by atoms with Gasteiger partial charge in [0.15, 0.2) is 0 Å². The van der Waals surface area contributed by atoms with Crippen molar-refractivity contribution in [3.63, 3.8) is 0 Å². The monoisotopic (exact) mass is 273 g/mol. The highest BCUT2D eigenvalue weighted by Crippen LogP contribution is 2.16. The number of unbranched alkanes of at least 4 members (excludes halogenated alkanes) is 2. The van der Waals surface area contributed by atoms with E-state index in [1.807, 2.05) is 45.0 Å². The van der Waals surface area contributed by atoms with Gasteiger partial charge in [0, 0.05) is 12.0 Å². The molecule has 0 aliphatic heterocycles. The van der Waals surface area contributed by atoms with Crippen LogP contribution < -0.4 is 5.32 Å². The number of amides is 1. The fourth-order valence-electron chi connectivity index (χ4n) is 1.54. The summed E-state index contributed by atoms with van der Waals surface area (Å²) in [6, 6.07) is 7.49. The van der Waals surface area contributed by atoms with E-state index < -0.39 is 11.7 Å². The number of rotatable bonds is 3. The Balaban J connectivity index is 2.74. The molecule has 0 spiro atoms. The number of hydrogen-bond acceptors (Lipinski definition) is 2. The Bertz CT molecular complexity index is 504. The van der Waals surface area contributed by atoms with Crippen LogP contribution in [0.15, 0.2) is 24.3 Å². The Kier molecular flexibility index (Phi) is 6.11. The summed E-state index contributed by atoms with van der Waals surface area (Å²) in [5, 5.41) is 2.74. The maximum absolute atomic E-state index is 11.8. The van der Waals surface area contributed by atoms with E-state index in [9.17, 15) is 4.79 Å². The molecule has 0 aliphatic rings. The molecule has 0 bridgehead atoms. The van der Waals surface area contributed by atoms with Gasteiger partial charge in [0.2, 0.25) is 0 Å². The zero-order chi connectivity index (χ0) is 15.0. The van der Waals surface area contributed by atoms with Crippen molar-refractivity contribution in [2.24, 2.45) is 0 Å². The van der Waals surface area contributed by atoms with Crippen LogP contribution in [0.5, 0.6) is 0 Å². The summed E-state index contributed by atoms with van der Waals surface area (Å²) in [5.41, 5.74) is 0.992. The number of para-hydroxylation sites is 1. The summed E-state index contributed by atoms with van der Waals surface area (Å²) in [4.78, 5) is 11.8. The second-order valence-electron chi connectivity index (χ2n) is 5.58. The summed E-state index contributed by atoms with van der Waals surface area (Å²) in [7, 11) is 0. The lowest BCUT2D eigenvalue weighted by Gasteiger charge is -2.20. The van der Waals surface area contributed by atoms with Crippen molar-refractivity contribution in [3.8, 4) is 11.8 Å². The summed E-state index contributed by atoms with van der Waals surface area (Å²) < 4.78 is 5.24. The van der Waals surface area contributed by atoms with E-state index in [1.165, 1.54) is 0 Å². The van der Waals surface area contributed by atoms with Gasteiger partial charge in [-0.25, -0.2) is 4.79 Å². The van der Waals surface area contributed by atoms with Crippen LogP contribution >= 0.6 is 0 Å². The van der Waals surface area contributed by atoms with E-state index in [1.54, 1.807) is 0 Å². The summed E-state index contributed by atoms with van der Waals surface area (Å²) in [6.45, 7) is 7.65. The second kappa shape index (κ2) is 7.59. The normalized spacial score (nSPS) is 10.4. The van der Waals surface area contributed by atoms with Gasteiger partial charge >= 0.3 is 6.09 Å². The molecule has 1 aromatic rings. The Hall–Kier alpha value is -1.95. The molecule has 0 atom stereocenters. The predicted molar refractivity (Wildman–Crippen MR) is 82.7 cm³/mol. The lowest BCUT2D eigenvalue weighted by atomic mass is 10.1. The average molecular weight is 273 g/mol. The standard InChI is InChI=1S/C17H23NO2/c1-5-6-7-8-11-14-12-9-10-13-15(14)18-16(19)20-17(2,3)4/h9-10,12-13H,5-7H2,1-4H3,(H,18,19). The van der Waals surface area contributed by atoms with Gasteiger partial charge in [-0.15, -0.1) is 0 Å². The highest BCUT2D eigenvalue weighted by atomic mass is 16.6. The van der Waals surface area contributed by atoms with Gasteiger partial charge in [0.1, 0.15) is 5.60 Å². The highest BCUT2D eigenvalue weighted by molar-refractivity contribution is 5.86.